The fraction of sp³-hybridized carbons (Fsp3) is 0. The van der Waals surface area contributed by atoms with Gasteiger partial charge in [-0.2, -0.15) is 0 Å². The van der Waals surface area contributed by atoms with E-state index >= 15 is 0 Å². The summed E-state index contributed by atoms with van der Waals surface area (Å²) in [5.74, 6) is 0. The van der Waals surface area contributed by atoms with Crippen LogP contribution in [-0.4, -0.2) is 0 Å². The Morgan fingerprint density at radius 3 is 0.333 bits per heavy atom. The van der Waals surface area contributed by atoms with E-state index in [0.717, 1.165) is 0 Å². The molecule has 0 aliphatic rings. The quantitative estimate of drug-likeness (QED) is 0.423. The Morgan fingerprint density at radius 1 is 0.333 bits per heavy atom. The molecule has 0 unspecified atom stereocenters. The van der Waals surface area contributed by atoms with Gasteiger partial charge in [0, 0.05) is 42.1 Å². The number of rotatable bonds is 0. The molecular formula is H12N4Pt2. The Morgan fingerprint density at radius 2 is 0.333 bits per heavy atom. The van der Waals surface area contributed by atoms with Gasteiger partial charge in [0.05, 0.1) is 0 Å². The van der Waals surface area contributed by atoms with Gasteiger partial charge in [-0.25, -0.2) is 0 Å². The van der Waals surface area contributed by atoms with Crippen LogP contribution in [0.3, 0.4) is 0 Å². The molecule has 0 fully saturated rings. The van der Waals surface area contributed by atoms with Crippen LogP contribution in [0.15, 0.2) is 0 Å². The van der Waals surface area contributed by atoms with Gasteiger partial charge >= 0.3 is 0 Å². The third kappa shape index (κ3) is 62.7. The van der Waals surface area contributed by atoms with Gasteiger partial charge in [-0.1, -0.05) is 0 Å². The second-order valence-corrected chi connectivity index (χ2v) is 0. The van der Waals surface area contributed by atoms with Crippen LogP contribution in [0.2, 0.25) is 0 Å². The van der Waals surface area contributed by atoms with Crippen LogP contribution < -0.4 is 24.6 Å². The molecule has 0 amide bonds. The fourth-order valence-corrected chi connectivity index (χ4v) is 0. The van der Waals surface area contributed by atoms with Crippen molar-refractivity contribution < 1.29 is 42.1 Å². The van der Waals surface area contributed by atoms with Gasteiger partial charge in [-0.05, 0) is 0 Å². The van der Waals surface area contributed by atoms with Crippen molar-refractivity contribution in [2.45, 2.75) is 0 Å². The maximum absolute atomic E-state index is 0. The number of hydrogen-bond acceptors (Lipinski definition) is 4. The molecule has 0 radical (unpaired) electrons. The van der Waals surface area contributed by atoms with Gasteiger partial charge in [0.15, 0.2) is 0 Å². The molecule has 0 heterocycles. The van der Waals surface area contributed by atoms with Crippen LogP contribution in [0, 0.1) is 0 Å². The zero-order valence-electron chi connectivity index (χ0n) is 3.46. The van der Waals surface area contributed by atoms with E-state index in [9.17, 15) is 0 Å². The van der Waals surface area contributed by atoms with Crippen molar-refractivity contribution in [1.82, 2.24) is 24.6 Å². The van der Waals surface area contributed by atoms with E-state index in [1.807, 2.05) is 0 Å². The first-order valence-corrected chi connectivity index (χ1v) is 0. The summed E-state index contributed by atoms with van der Waals surface area (Å²) >= 11 is 0. The maximum atomic E-state index is 0. The predicted octanol–water partition coefficient (Wildman–Crippen LogP) is 0.643. The molecular weight excluding hydrogens is 446 g/mol. The van der Waals surface area contributed by atoms with E-state index in [4.69, 9.17) is 0 Å². The molecule has 0 saturated carbocycles. The summed E-state index contributed by atoms with van der Waals surface area (Å²) in [6.45, 7) is 0. The zero-order valence-corrected chi connectivity index (χ0v) is 8.01. The third-order valence-electron chi connectivity index (χ3n) is 0. The van der Waals surface area contributed by atoms with Crippen LogP contribution in [0.1, 0.15) is 0 Å². The number of hydrogen-bond donors (Lipinski definition) is 4. The molecule has 0 aromatic heterocycles. The standard InChI is InChI=1S/4H3N.2Pt/h4*1H3;;. The Kier molecular flexibility index (Phi) is 3590. The van der Waals surface area contributed by atoms with Crippen LogP contribution in [0.25, 0.3) is 0 Å². The average molecular weight is 458 g/mol. The van der Waals surface area contributed by atoms with Crippen molar-refractivity contribution in [2.75, 3.05) is 0 Å². The summed E-state index contributed by atoms with van der Waals surface area (Å²) in [7, 11) is 0. The topological polar surface area (TPSA) is 140 Å². The molecule has 0 aromatic carbocycles. The molecule has 0 aliphatic carbocycles. The molecule has 52 valence electrons. The van der Waals surface area contributed by atoms with Gasteiger partial charge in [-0.15, -0.1) is 0 Å². The molecule has 4 nitrogen and oxygen atoms in total. The van der Waals surface area contributed by atoms with Gasteiger partial charge in [-0.3, -0.25) is 0 Å². The molecule has 0 aromatic rings. The van der Waals surface area contributed by atoms with Gasteiger partial charge in [0.25, 0.3) is 0 Å². The summed E-state index contributed by atoms with van der Waals surface area (Å²) in [5, 5.41) is 0. The van der Waals surface area contributed by atoms with Crippen LogP contribution in [0.4, 0.5) is 0 Å². The second kappa shape index (κ2) is 114. The average Bonchev–Trinajstić information content (AvgIpc) is 0. The molecule has 0 atom stereocenters. The summed E-state index contributed by atoms with van der Waals surface area (Å²) in [5.41, 5.74) is 0. The van der Waals surface area contributed by atoms with Crippen LogP contribution in [-0.2, 0) is 42.1 Å². The maximum Gasteiger partial charge on any atom is 0 e. The van der Waals surface area contributed by atoms with E-state index in [2.05, 4.69) is 0 Å². The van der Waals surface area contributed by atoms with E-state index in [1.165, 1.54) is 0 Å². The summed E-state index contributed by atoms with van der Waals surface area (Å²) < 4.78 is 0. The van der Waals surface area contributed by atoms with Gasteiger partial charge in [0.2, 0.25) is 0 Å². The fourth-order valence-electron chi connectivity index (χ4n) is 0. The molecule has 0 spiro atoms. The van der Waals surface area contributed by atoms with Crippen molar-refractivity contribution in [1.29, 1.82) is 0 Å². The Labute approximate surface area is 66.7 Å². The Hall–Kier alpha value is 1.22. The van der Waals surface area contributed by atoms with Crippen molar-refractivity contribution in [3.8, 4) is 0 Å². The largest absolute Gasteiger partial charge is 0.344 e. The minimum absolute atomic E-state index is 0. The normalized spacial score (nSPS) is 0. The van der Waals surface area contributed by atoms with Gasteiger partial charge in [0.1, 0.15) is 0 Å². The van der Waals surface area contributed by atoms with Crippen LogP contribution in [0.5, 0.6) is 0 Å². The molecule has 0 aliphatic heterocycles. The van der Waals surface area contributed by atoms with Crippen molar-refractivity contribution in [3.63, 3.8) is 0 Å². The molecule has 6 heteroatoms. The van der Waals surface area contributed by atoms with E-state index in [0.29, 0.717) is 0 Å². The molecule has 0 bridgehead atoms. The van der Waals surface area contributed by atoms with E-state index in [-0.39, 0.29) is 66.7 Å². The minimum Gasteiger partial charge on any atom is -0.344 e. The summed E-state index contributed by atoms with van der Waals surface area (Å²) in [6.07, 6.45) is 0. The van der Waals surface area contributed by atoms with Crippen LogP contribution >= 0.6 is 0 Å². The monoisotopic (exact) mass is 458 g/mol. The van der Waals surface area contributed by atoms with Gasteiger partial charge < -0.3 is 24.6 Å². The van der Waals surface area contributed by atoms with E-state index in [1.54, 1.807) is 0 Å². The Balaban J connectivity index is 0. The smallest absolute Gasteiger partial charge is 0 e. The second-order valence-electron chi connectivity index (χ2n) is 0. The first-order chi connectivity index (χ1) is 0. The molecule has 12 N–H and O–H groups in total. The van der Waals surface area contributed by atoms with Crippen molar-refractivity contribution >= 4 is 0 Å². The summed E-state index contributed by atoms with van der Waals surface area (Å²) in [4.78, 5) is 0. The predicted molar refractivity (Wildman–Crippen MR) is 20.1 cm³/mol. The van der Waals surface area contributed by atoms with Crippen molar-refractivity contribution in [3.05, 3.63) is 0 Å². The SMILES string of the molecule is N.N.N.N.[Pt].[Pt]. The first kappa shape index (κ1) is 188. The zero-order chi connectivity index (χ0) is 0. The third-order valence-corrected chi connectivity index (χ3v) is 0. The Bertz CT molecular complexity index is 5.51. The van der Waals surface area contributed by atoms with Crippen molar-refractivity contribution in [2.24, 2.45) is 0 Å². The summed E-state index contributed by atoms with van der Waals surface area (Å²) in [6, 6.07) is 0. The molecule has 0 saturated heterocycles. The molecule has 6 heavy (non-hydrogen) atoms. The van der Waals surface area contributed by atoms with E-state index < -0.39 is 0 Å². The minimum atomic E-state index is 0. The molecule has 0 rings (SSSR count). The first-order valence-electron chi connectivity index (χ1n) is 0.